The van der Waals surface area contributed by atoms with E-state index in [-0.39, 0.29) is 28.3 Å². The molecule has 0 spiro atoms. The summed E-state index contributed by atoms with van der Waals surface area (Å²) in [6.07, 6.45) is -8.74. The van der Waals surface area contributed by atoms with Gasteiger partial charge in [-0.25, -0.2) is 18.7 Å². The zero-order valence-corrected chi connectivity index (χ0v) is 25.9. The number of hydrogen-bond acceptors (Lipinski definition) is 15. The summed E-state index contributed by atoms with van der Waals surface area (Å²) in [4.78, 5) is 52.1. The van der Waals surface area contributed by atoms with Crippen LogP contribution in [0.2, 0.25) is 0 Å². The lowest BCUT2D eigenvalue weighted by Gasteiger charge is -2.31. The van der Waals surface area contributed by atoms with Crippen LogP contribution in [0.5, 0.6) is 0 Å². The van der Waals surface area contributed by atoms with Gasteiger partial charge >= 0.3 is 6.72 Å². The third kappa shape index (κ3) is 5.03. The van der Waals surface area contributed by atoms with Gasteiger partial charge in [-0.1, -0.05) is 17.0 Å². The number of imidazole rings is 1. The minimum absolute atomic E-state index is 0.0179. The van der Waals surface area contributed by atoms with Crippen molar-refractivity contribution < 1.29 is 36.7 Å². The second-order valence-corrected chi connectivity index (χ2v) is 18.9. The highest BCUT2D eigenvalue weighted by molar-refractivity contribution is 8.62. The van der Waals surface area contributed by atoms with E-state index in [1.54, 1.807) is 0 Å². The van der Waals surface area contributed by atoms with Crippen LogP contribution < -0.4 is 16.9 Å². The molecule has 7 rings (SSSR count). The Balaban J connectivity index is 1.25. The van der Waals surface area contributed by atoms with Crippen molar-refractivity contribution >= 4 is 76.3 Å². The summed E-state index contributed by atoms with van der Waals surface area (Å²) in [7, 11) is 0. The van der Waals surface area contributed by atoms with Crippen LogP contribution in [0, 0.1) is 0 Å². The van der Waals surface area contributed by atoms with Crippen molar-refractivity contribution in [3.63, 3.8) is 0 Å². The zero-order valence-electron chi connectivity index (χ0n) is 21.6. The molecule has 5 N–H and O–H groups in total. The number of halogens is 2. The Hall–Kier alpha value is -2.30. The number of anilines is 1. The predicted octanol–water partition coefficient (Wildman–Crippen LogP) is -0.0423. The predicted molar refractivity (Wildman–Crippen MR) is 156 cm³/mol. The van der Waals surface area contributed by atoms with Crippen LogP contribution in [-0.2, 0) is 46.7 Å². The lowest BCUT2D eigenvalue weighted by molar-refractivity contribution is -0.0425. The molecule has 7 heterocycles. The maximum Gasteiger partial charge on any atom is 0.325 e. The van der Waals surface area contributed by atoms with Crippen LogP contribution in [0.15, 0.2) is 22.2 Å². The average molecular weight is 713 g/mol. The highest BCUT2D eigenvalue weighted by atomic mass is 32.9. The number of thiol groups is 1. The van der Waals surface area contributed by atoms with Crippen LogP contribution in [0.25, 0.3) is 22.3 Å². The van der Waals surface area contributed by atoms with Gasteiger partial charge < -0.3 is 34.1 Å². The molecule has 44 heavy (non-hydrogen) atoms. The van der Waals surface area contributed by atoms with Crippen molar-refractivity contribution in [1.82, 2.24) is 44.5 Å². The molecule has 3 fully saturated rings. The van der Waals surface area contributed by atoms with Gasteiger partial charge in [0.05, 0.1) is 25.9 Å². The number of H-pyrrole nitrogens is 2. The van der Waals surface area contributed by atoms with E-state index >= 15 is 8.78 Å². The van der Waals surface area contributed by atoms with E-state index in [0.717, 1.165) is 17.3 Å². The Labute approximate surface area is 258 Å². The Morgan fingerprint density at radius 1 is 1.05 bits per heavy atom. The van der Waals surface area contributed by atoms with E-state index in [0.29, 0.717) is 0 Å². The van der Waals surface area contributed by atoms with Gasteiger partial charge in [-0.3, -0.25) is 23.7 Å². The number of nitrogen functional groups attached to an aromatic ring is 1. The van der Waals surface area contributed by atoms with Crippen LogP contribution in [-0.4, -0.2) is 98.9 Å². The number of alkyl halides is 2. The van der Waals surface area contributed by atoms with Gasteiger partial charge in [0.1, 0.15) is 35.6 Å². The van der Waals surface area contributed by atoms with Crippen molar-refractivity contribution in [2.45, 2.75) is 48.8 Å². The summed E-state index contributed by atoms with van der Waals surface area (Å²) in [5.41, 5.74) is -0.838. The van der Waals surface area contributed by atoms with Gasteiger partial charge in [0, 0.05) is 0 Å². The summed E-state index contributed by atoms with van der Waals surface area (Å²) in [5, 5.41) is 7.73. The number of ether oxygens (including phenoxy) is 2. The third-order valence-corrected chi connectivity index (χ3v) is 12.8. The van der Waals surface area contributed by atoms with E-state index in [1.165, 1.54) is 4.57 Å². The molecule has 0 radical (unpaired) electrons. The smallest absolute Gasteiger partial charge is 0.325 e. The van der Waals surface area contributed by atoms with Gasteiger partial charge in [-0.15, -0.1) is 17.3 Å². The van der Waals surface area contributed by atoms with Crippen LogP contribution in [0.1, 0.15) is 12.5 Å². The minimum Gasteiger partial charge on any atom is -0.369 e. The molecule has 0 aliphatic carbocycles. The van der Waals surface area contributed by atoms with E-state index < -0.39 is 85.3 Å². The van der Waals surface area contributed by atoms with E-state index in [2.05, 4.69) is 47.5 Å². The van der Waals surface area contributed by atoms with Gasteiger partial charge in [0.25, 0.3) is 11.1 Å². The molecular formula is C19H20F2N10O8P2S3. The van der Waals surface area contributed by atoms with E-state index in [4.69, 9.17) is 52.4 Å². The maximum atomic E-state index is 16.1. The Bertz CT molecular complexity index is 2000. The van der Waals surface area contributed by atoms with Gasteiger partial charge in [0.2, 0.25) is 5.95 Å². The summed E-state index contributed by atoms with van der Waals surface area (Å²) in [6.45, 7) is -5.40. The fraction of sp³-hybridized carbons (Fsp3) is 0.526. The lowest BCUT2D eigenvalue weighted by atomic mass is 10.1. The molecule has 4 aromatic rings. The molecule has 2 bridgehead atoms. The van der Waals surface area contributed by atoms with Gasteiger partial charge in [-0.2, -0.15) is 9.67 Å². The van der Waals surface area contributed by atoms with Crippen molar-refractivity contribution in [3.8, 4) is 0 Å². The second kappa shape index (κ2) is 10.9. The molecule has 25 heteroatoms. The summed E-state index contributed by atoms with van der Waals surface area (Å²) in [6, 6.07) is 0. The molecule has 10 atom stereocenters. The minimum atomic E-state index is -4.26. The monoisotopic (exact) mass is 712 g/mol. The molecule has 3 saturated heterocycles. The molecule has 0 saturated carbocycles. The Morgan fingerprint density at radius 2 is 1.80 bits per heavy atom. The number of aromatic amines is 2. The van der Waals surface area contributed by atoms with Gasteiger partial charge in [-0.05, 0) is 11.8 Å². The van der Waals surface area contributed by atoms with Crippen LogP contribution >= 0.6 is 24.4 Å². The summed E-state index contributed by atoms with van der Waals surface area (Å²) < 4.78 is 63.1. The number of hydrogen-bond donors (Lipinski definition) is 5. The SMILES string of the molecule is Nc1nc2c(nnn2[C@@H]2O[C@@H]3COP(O)(=S)O[C@H]4[C@H](F)[C@H](n5cnc6c(=O)[nH]cnc65)O[C@@H]4COP(=S)(S)[C@@H]2[C@@H]3F)c(=O)[nH]1. The number of nitrogens with zero attached hydrogens (tertiary/aromatic N) is 7. The Kier molecular flexibility index (Phi) is 7.52. The average Bonchev–Trinajstić information content (AvgIpc) is 3.71. The zero-order chi connectivity index (χ0) is 31.1. The normalized spacial score (nSPS) is 38.0. The molecular weight excluding hydrogens is 692 g/mol. The fourth-order valence-corrected chi connectivity index (χ4v) is 10.1. The first-order valence-electron chi connectivity index (χ1n) is 12.6. The highest BCUT2D eigenvalue weighted by Gasteiger charge is 2.56. The van der Waals surface area contributed by atoms with Crippen LogP contribution in [0.4, 0.5) is 14.7 Å². The quantitative estimate of drug-likeness (QED) is 0.136. The first kappa shape index (κ1) is 30.4. The summed E-state index contributed by atoms with van der Waals surface area (Å²) in [5.74, 6) is -0.256. The third-order valence-electron chi connectivity index (χ3n) is 7.25. The standard InChI is InChI=1S/C19H20F2N10O8P2S3/c20-7-5-1-36-41(34,44)39-11-6(38-17(8(11)21)30-4-25-9-13(30)23-3-24-15(9)32)2-35-40(42,43)12(7)18(37-5)31-14-10(28-29-31)16(33)27-19(22)26-14/h3-8,11-12,17-18H,1-2H2,(H,34,44)(H,42,43)(H,23,24,32)(H3,22,26,27,33)/t5-,6-,7-,8+,11-,12-,17-,18-,41?/m1/s1. The number of nitrogens with two attached hydrogens (primary N) is 1. The van der Waals surface area contributed by atoms with Gasteiger partial charge in [0.15, 0.2) is 41.0 Å². The molecule has 4 aromatic heterocycles. The van der Waals surface area contributed by atoms with Crippen molar-refractivity contribution in [2.75, 3.05) is 18.9 Å². The molecule has 3 aliphatic heterocycles. The maximum absolute atomic E-state index is 16.1. The fourth-order valence-electron chi connectivity index (χ4n) is 5.26. The number of aromatic nitrogens is 9. The van der Waals surface area contributed by atoms with Crippen molar-refractivity contribution in [1.29, 1.82) is 0 Å². The Morgan fingerprint density at radius 3 is 2.59 bits per heavy atom. The van der Waals surface area contributed by atoms with Crippen molar-refractivity contribution in [3.05, 3.63) is 33.4 Å². The first-order valence-corrected chi connectivity index (χ1v) is 19.1. The van der Waals surface area contributed by atoms with Crippen LogP contribution in [0.3, 0.4) is 0 Å². The molecule has 2 unspecified atom stereocenters. The molecule has 18 nitrogen and oxygen atoms in total. The molecule has 236 valence electrons. The summed E-state index contributed by atoms with van der Waals surface area (Å²) >= 11 is 15.4. The number of nitrogens with one attached hydrogen (secondary N) is 2. The molecule has 0 aromatic carbocycles. The number of fused-ring (bicyclic) bond motifs is 5. The topological polar surface area (TPSA) is 232 Å². The largest absolute Gasteiger partial charge is 0.369 e. The lowest BCUT2D eigenvalue weighted by Crippen LogP contribution is -2.36. The highest BCUT2D eigenvalue weighted by Crippen LogP contribution is 2.65. The second-order valence-electron chi connectivity index (χ2n) is 9.92. The van der Waals surface area contributed by atoms with E-state index in [9.17, 15) is 14.5 Å². The molecule has 0 amide bonds. The molecule has 3 aliphatic rings. The van der Waals surface area contributed by atoms with Crippen molar-refractivity contribution in [2.24, 2.45) is 0 Å². The first-order chi connectivity index (χ1) is 20.8. The number of rotatable bonds is 2. The van der Waals surface area contributed by atoms with E-state index in [1.807, 2.05) is 0 Å².